The number of amides is 2. The monoisotopic (exact) mass is 291 g/mol. The zero-order chi connectivity index (χ0) is 11.3. The fourth-order valence-corrected chi connectivity index (χ4v) is 2.05. The van der Waals surface area contributed by atoms with E-state index < -0.39 is 11.8 Å². The molecule has 0 aliphatic carbocycles. The van der Waals surface area contributed by atoms with Gasteiger partial charge in [0.15, 0.2) is 0 Å². The third-order valence-electron chi connectivity index (χ3n) is 3.32. The van der Waals surface area contributed by atoms with E-state index in [4.69, 9.17) is 0 Å². The maximum absolute atomic E-state index is 11.5. The molecule has 2 amide bonds. The van der Waals surface area contributed by atoms with Crippen LogP contribution in [-0.2, 0) is 32.7 Å². The molecular formula is C12H12NO2Y+2. The van der Waals surface area contributed by atoms with Crippen molar-refractivity contribution in [2.75, 3.05) is 0 Å². The first-order valence-corrected chi connectivity index (χ1v) is 4.86. The molecule has 2 rings (SSSR count). The second-order valence-electron chi connectivity index (χ2n) is 3.97. The summed E-state index contributed by atoms with van der Waals surface area (Å²) in [7, 11) is 0. The first-order valence-electron chi connectivity index (χ1n) is 4.86. The predicted molar refractivity (Wildman–Crippen MR) is 57.4 cm³/mol. The molecule has 1 aliphatic rings. The van der Waals surface area contributed by atoms with Gasteiger partial charge in [-0.3, -0.25) is 0 Å². The minimum Gasteiger partial charge on any atom is -0.587 e. The molecule has 0 spiro atoms. The number of benzene rings is 1. The molecule has 0 radical (unpaired) electrons. The molecule has 1 heterocycles. The zero-order valence-electron chi connectivity index (χ0n) is 9.84. The van der Waals surface area contributed by atoms with Crippen LogP contribution in [-0.4, -0.2) is 11.8 Å². The summed E-state index contributed by atoms with van der Waals surface area (Å²) >= 11 is 0. The summed E-state index contributed by atoms with van der Waals surface area (Å²) in [6.07, 6.45) is 0. The normalized spacial score (nSPS) is 13.2. The van der Waals surface area contributed by atoms with Crippen LogP contribution in [0.25, 0.3) is 5.32 Å². The Balaban J connectivity index is 0.00000128. The van der Waals surface area contributed by atoms with E-state index >= 15 is 0 Å². The van der Waals surface area contributed by atoms with Crippen LogP contribution in [0.5, 0.6) is 0 Å². The average molecular weight is 291 g/mol. The number of carbonyl (C=O) groups excluding carboxylic acids is 2. The predicted octanol–water partition coefficient (Wildman–Crippen LogP) is 2.59. The van der Waals surface area contributed by atoms with Gasteiger partial charge < -0.3 is 14.9 Å². The number of fused-ring (bicyclic) bond motifs is 1. The first-order chi connectivity index (χ1) is 6.95. The second kappa shape index (κ2) is 4.38. The Hall–Kier alpha value is -0.536. The van der Waals surface area contributed by atoms with Crippen molar-refractivity contribution in [3.8, 4) is 0 Å². The van der Waals surface area contributed by atoms with Crippen LogP contribution in [0.3, 0.4) is 0 Å². The van der Waals surface area contributed by atoms with Gasteiger partial charge in [0.25, 0.3) is 0 Å². The largest absolute Gasteiger partial charge is 3.00 e. The summed E-state index contributed by atoms with van der Waals surface area (Å²) < 4.78 is 0. The van der Waals surface area contributed by atoms with Crippen LogP contribution in [0.1, 0.15) is 43.0 Å². The summed E-state index contributed by atoms with van der Waals surface area (Å²) in [6.45, 7) is 7.67. The average Bonchev–Trinajstić information content (AvgIpc) is 2.47. The summed E-state index contributed by atoms with van der Waals surface area (Å²) in [5, 5.41) is 3.48. The first kappa shape index (κ1) is 13.5. The number of hydrogen-bond donors (Lipinski definition) is 0. The van der Waals surface area contributed by atoms with Gasteiger partial charge in [-0.25, -0.2) is 0 Å². The number of nitrogens with zero attached hydrogens (tertiary/aromatic N) is 1. The molecule has 1 aliphatic heterocycles. The van der Waals surface area contributed by atoms with Crippen molar-refractivity contribution in [1.82, 2.24) is 0 Å². The van der Waals surface area contributed by atoms with E-state index in [0.717, 1.165) is 22.3 Å². The molecule has 1 aromatic rings. The van der Waals surface area contributed by atoms with Gasteiger partial charge in [0.2, 0.25) is 0 Å². The Morgan fingerprint density at radius 3 is 1.31 bits per heavy atom. The third-order valence-corrected chi connectivity index (χ3v) is 3.32. The van der Waals surface area contributed by atoms with Gasteiger partial charge in [0, 0.05) is 11.1 Å². The van der Waals surface area contributed by atoms with Crippen molar-refractivity contribution in [1.29, 1.82) is 0 Å². The van der Waals surface area contributed by atoms with Crippen molar-refractivity contribution in [2.45, 2.75) is 27.7 Å². The molecule has 0 saturated carbocycles. The third kappa shape index (κ3) is 1.66. The van der Waals surface area contributed by atoms with Crippen LogP contribution < -0.4 is 0 Å². The summed E-state index contributed by atoms with van der Waals surface area (Å²) in [5.41, 5.74) is 4.91. The van der Waals surface area contributed by atoms with Crippen LogP contribution in [0.15, 0.2) is 0 Å². The molecule has 0 atom stereocenters. The molecule has 1 aromatic carbocycles. The quantitative estimate of drug-likeness (QED) is 0.690. The van der Waals surface area contributed by atoms with E-state index in [0.29, 0.717) is 11.1 Å². The van der Waals surface area contributed by atoms with Gasteiger partial charge >= 0.3 is 32.7 Å². The van der Waals surface area contributed by atoms with E-state index in [1.165, 1.54) is 0 Å². The fraction of sp³-hybridized carbons (Fsp3) is 0.333. The molecule has 0 bridgehead atoms. The Morgan fingerprint density at radius 1 is 0.688 bits per heavy atom. The smallest absolute Gasteiger partial charge is 0.587 e. The summed E-state index contributed by atoms with van der Waals surface area (Å²) in [6, 6.07) is 0. The number of carbonyl (C=O) groups is 2. The van der Waals surface area contributed by atoms with Crippen molar-refractivity contribution in [3.63, 3.8) is 0 Å². The minimum absolute atomic E-state index is 0. The molecule has 3 nitrogen and oxygen atoms in total. The maximum Gasteiger partial charge on any atom is 3.00 e. The Labute approximate surface area is 120 Å². The number of imide groups is 1. The van der Waals surface area contributed by atoms with Gasteiger partial charge in [-0.15, -0.1) is 0 Å². The molecule has 16 heavy (non-hydrogen) atoms. The molecule has 0 saturated heterocycles. The second-order valence-corrected chi connectivity index (χ2v) is 3.97. The van der Waals surface area contributed by atoms with E-state index in [-0.39, 0.29) is 32.7 Å². The van der Waals surface area contributed by atoms with Gasteiger partial charge in [0.1, 0.15) is 0 Å². The molecule has 4 heteroatoms. The molecule has 0 fully saturated rings. The standard InChI is InChI=1S/C12H13NO2.Y/c1-5-6(2)8(4)10-9(7(5)3)11(14)13-12(10)15;/h1-4H3,(H,13,14,15);/q;+3/p-1. The van der Waals surface area contributed by atoms with Gasteiger partial charge in [0.05, 0.1) is 11.8 Å². The number of hydrogen-bond acceptors (Lipinski definition) is 2. The maximum atomic E-state index is 11.5. The molecule has 0 N–H and O–H groups in total. The number of rotatable bonds is 0. The topological polar surface area (TPSA) is 48.2 Å². The van der Waals surface area contributed by atoms with Crippen molar-refractivity contribution in [2.24, 2.45) is 0 Å². The van der Waals surface area contributed by atoms with Crippen molar-refractivity contribution >= 4 is 11.8 Å². The Bertz CT molecular complexity index is 461. The van der Waals surface area contributed by atoms with Gasteiger partial charge in [-0.1, -0.05) is 0 Å². The van der Waals surface area contributed by atoms with Crippen LogP contribution in [0, 0.1) is 27.7 Å². The van der Waals surface area contributed by atoms with E-state index in [1.807, 2.05) is 27.7 Å². The molecular weight excluding hydrogens is 279 g/mol. The summed E-state index contributed by atoms with van der Waals surface area (Å²) in [5.74, 6) is -0.780. The van der Waals surface area contributed by atoms with Crippen LogP contribution in [0.4, 0.5) is 0 Å². The van der Waals surface area contributed by atoms with E-state index in [1.54, 1.807) is 0 Å². The van der Waals surface area contributed by atoms with Crippen molar-refractivity contribution < 1.29 is 42.3 Å². The molecule has 0 unspecified atom stereocenters. The SMILES string of the molecule is Cc1c(C)c(C)c2c(c1C)C(=O)[N-]C2=O.[Y+3]. The fourth-order valence-electron chi connectivity index (χ4n) is 2.05. The van der Waals surface area contributed by atoms with Gasteiger partial charge in [-0.05, 0) is 49.9 Å². The van der Waals surface area contributed by atoms with E-state index in [9.17, 15) is 9.59 Å². The van der Waals surface area contributed by atoms with Crippen LogP contribution >= 0.6 is 0 Å². The van der Waals surface area contributed by atoms with Gasteiger partial charge in [-0.2, -0.15) is 0 Å². The Morgan fingerprint density at radius 2 is 1.00 bits per heavy atom. The Kier molecular flexibility index (Phi) is 3.70. The summed E-state index contributed by atoms with van der Waals surface area (Å²) in [4.78, 5) is 23.1. The minimum atomic E-state index is -0.390. The van der Waals surface area contributed by atoms with Crippen molar-refractivity contribution in [3.05, 3.63) is 38.7 Å². The molecule has 0 aromatic heterocycles. The van der Waals surface area contributed by atoms with E-state index in [2.05, 4.69) is 5.32 Å². The molecule has 78 valence electrons. The van der Waals surface area contributed by atoms with Crippen LogP contribution in [0.2, 0.25) is 0 Å². The zero-order valence-corrected chi connectivity index (χ0v) is 12.7.